The predicted octanol–water partition coefficient (Wildman–Crippen LogP) is 1.74. The molecular weight excluding hydrogens is 294 g/mol. The van der Waals surface area contributed by atoms with Crippen LogP contribution in [0.1, 0.15) is 17.0 Å². The van der Waals surface area contributed by atoms with Gasteiger partial charge in [-0.3, -0.25) is 4.79 Å². The van der Waals surface area contributed by atoms with Crippen LogP contribution in [0, 0.1) is 11.6 Å². The molecule has 0 spiro atoms. The molecule has 0 aliphatic heterocycles. The third kappa shape index (κ3) is 4.15. The van der Waals surface area contributed by atoms with Gasteiger partial charge < -0.3 is 5.11 Å². The van der Waals surface area contributed by atoms with Crippen molar-refractivity contribution in [1.29, 1.82) is 0 Å². The number of ketones is 1. The van der Waals surface area contributed by atoms with E-state index in [0.29, 0.717) is 24.1 Å². The average Bonchev–Trinajstić information content (AvgIpc) is 2.46. The number of carboxylic acid groups (broad SMARTS) is 1. The van der Waals surface area contributed by atoms with Crippen LogP contribution in [0.3, 0.4) is 0 Å². The number of carbonyl (C=O) groups is 2. The van der Waals surface area contributed by atoms with Crippen molar-refractivity contribution in [2.75, 3.05) is 0 Å². The molecule has 0 unspecified atom stereocenters. The van der Waals surface area contributed by atoms with Gasteiger partial charge in [0.05, 0.1) is 12.1 Å². The molecular formula is C15H12F2N2O3. The van der Waals surface area contributed by atoms with E-state index in [1.807, 2.05) is 0 Å². The van der Waals surface area contributed by atoms with Gasteiger partial charge in [-0.05, 0) is 30.5 Å². The molecule has 1 aromatic carbocycles. The van der Waals surface area contributed by atoms with Crippen LogP contribution in [0.4, 0.5) is 8.78 Å². The lowest BCUT2D eigenvalue weighted by molar-refractivity contribution is -0.148. The van der Waals surface area contributed by atoms with Crippen molar-refractivity contribution in [2.24, 2.45) is 0 Å². The molecule has 0 bridgehead atoms. The molecule has 0 radical (unpaired) electrons. The van der Waals surface area contributed by atoms with Crippen LogP contribution in [-0.4, -0.2) is 26.8 Å². The summed E-state index contributed by atoms with van der Waals surface area (Å²) in [6, 6.07) is 4.85. The molecule has 2 aromatic rings. The zero-order valence-corrected chi connectivity index (χ0v) is 11.4. The van der Waals surface area contributed by atoms with E-state index in [1.165, 1.54) is 24.5 Å². The Morgan fingerprint density at radius 2 is 1.77 bits per heavy atom. The second kappa shape index (κ2) is 6.84. The number of hydrogen-bond acceptors (Lipinski definition) is 4. The lowest BCUT2D eigenvalue weighted by Crippen LogP contribution is -2.16. The predicted molar refractivity (Wildman–Crippen MR) is 72.1 cm³/mol. The normalized spacial score (nSPS) is 10.5. The van der Waals surface area contributed by atoms with Crippen molar-refractivity contribution in [2.45, 2.75) is 19.3 Å². The van der Waals surface area contributed by atoms with Crippen LogP contribution in [0.15, 0.2) is 30.6 Å². The Hall–Kier alpha value is -2.70. The number of Topliss-reactive ketones (excluding diaryl/α,β-unsaturated/α-hetero) is 1. The van der Waals surface area contributed by atoms with Crippen LogP contribution in [0.25, 0.3) is 0 Å². The van der Waals surface area contributed by atoms with Crippen LogP contribution in [0.5, 0.6) is 0 Å². The molecule has 22 heavy (non-hydrogen) atoms. The van der Waals surface area contributed by atoms with E-state index >= 15 is 0 Å². The highest BCUT2D eigenvalue weighted by molar-refractivity contribution is 6.33. The third-order valence-electron chi connectivity index (χ3n) is 3.03. The zero-order valence-electron chi connectivity index (χ0n) is 11.4. The minimum Gasteiger partial charge on any atom is -0.475 e. The molecule has 1 aromatic heterocycles. The molecule has 1 heterocycles. The Morgan fingerprint density at radius 3 is 2.45 bits per heavy atom. The van der Waals surface area contributed by atoms with E-state index in [4.69, 9.17) is 5.11 Å². The van der Waals surface area contributed by atoms with Crippen LogP contribution in [-0.2, 0) is 28.9 Å². The van der Waals surface area contributed by atoms with E-state index in [-0.39, 0.29) is 12.1 Å². The van der Waals surface area contributed by atoms with E-state index in [1.54, 1.807) is 0 Å². The second-order valence-electron chi connectivity index (χ2n) is 4.64. The summed E-state index contributed by atoms with van der Waals surface area (Å²) in [5.41, 5.74) is 1.19. The van der Waals surface area contributed by atoms with Crippen LogP contribution < -0.4 is 0 Å². The Labute approximate surface area is 124 Å². The van der Waals surface area contributed by atoms with E-state index < -0.39 is 23.4 Å². The highest BCUT2D eigenvalue weighted by Gasteiger charge is 2.13. The quantitative estimate of drug-likeness (QED) is 0.822. The summed E-state index contributed by atoms with van der Waals surface area (Å²) in [5.74, 6) is -3.75. The third-order valence-corrected chi connectivity index (χ3v) is 3.03. The molecule has 0 saturated heterocycles. The van der Waals surface area contributed by atoms with Crippen molar-refractivity contribution < 1.29 is 23.5 Å². The summed E-state index contributed by atoms with van der Waals surface area (Å²) < 4.78 is 26.3. The average molecular weight is 306 g/mol. The highest BCUT2D eigenvalue weighted by atomic mass is 19.1. The second-order valence-corrected chi connectivity index (χ2v) is 4.64. The van der Waals surface area contributed by atoms with Gasteiger partial charge >= 0.3 is 5.97 Å². The summed E-state index contributed by atoms with van der Waals surface area (Å²) in [7, 11) is 0. The van der Waals surface area contributed by atoms with E-state index in [2.05, 4.69) is 9.97 Å². The SMILES string of the molecule is O=C(O)C(=O)Cc1cc(CCc2ccc(F)cc2F)ncn1. The van der Waals surface area contributed by atoms with E-state index in [9.17, 15) is 18.4 Å². The molecule has 0 aliphatic carbocycles. The number of nitrogens with zero attached hydrogens (tertiary/aromatic N) is 2. The standard InChI is InChI=1S/C15H12F2N2O3/c16-10-3-1-9(13(17)5-10)2-4-11-6-12(19-8-18-11)7-14(20)15(21)22/h1,3,5-6,8H,2,4,7H2,(H,21,22). The monoisotopic (exact) mass is 306 g/mol. The van der Waals surface area contributed by atoms with Gasteiger partial charge in [0.25, 0.3) is 0 Å². The number of hydrogen-bond donors (Lipinski definition) is 1. The lowest BCUT2D eigenvalue weighted by Gasteiger charge is -2.04. The lowest BCUT2D eigenvalue weighted by atomic mass is 10.1. The molecule has 0 aliphatic rings. The number of aliphatic carboxylic acids is 1. The molecule has 1 N–H and O–H groups in total. The Kier molecular flexibility index (Phi) is 4.88. The van der Waals surface area contributed by atoms with Gasteiger partial charge in [-0.1, -0.05) is 6.07 Å². The maximum absolute atomic E-state index is 13.5. The number of halogens is 2. The van der Waals surface area contributed by atoms with Crippen molar-refractivity contribution >= 4 is 11.8 Å². The maximum Gasteiger partial charge on any atom is 0.372 e. The number of benzene rings is 1. The Bertz CT molecular complexity index is 720. The molecule has 0 atom stereocenters. The first-order valence-corrected chi connectivity index (χ1v) is 6.45. The smallest absolute Gasteiger partial charge is 0.372 e. The molecule has 0 saturated carbocycles. The molecule has 0 fully saturated rings. The minimum absolute atomic E-state index is 0.289. The molecule has 0 amide bonds. The molecule has 5 nitrogen and oxygen atoms in total. The largest absolute Gasteiger partial charge is 0.475 e. The molecule has 2 rings (SSSR count). The van der Waals surface area contributed by atoms with Gasteiger partial charge in [0.15, 0.2) is 0 Å². The van der Waals surface area contributed by atoms with Gasteiger partial charge in [-0.25, -0.2) is 23.5 Å². The first-order chi connectivity index (χ1) is 10.5. The van der Waals surface area contributed by atoms with E-state index in [0.717, 1.165) is 6.07 Å². The minimum atomic E-state index is -1.52. The Morgan fingerprint density at radius 1 is 1.05 bits per heavy atom. The summed E-state index contributed by atoms with van der Waals surface area (Å²) in [5, 5.41) is 8.55. The molecule has 7 heteroatoms. The fourth-order valence-electron chi connectivity index (χ4n) is 1.90. The van der Waals surface area contributed by atoms with Gasteiger partial charge in [0.2, 0.25) is 5.78 Å². The number of carboxylic acids is 1. The number of aromatic nitrogens is 2. The van der Waals surface area contributed by atoms with Crippen molar-refractivity contribution in [3.8, 4) is 0 Å². The number of aryl methyl sites for hydroxylation is 2. The van der Waals surface area contributed by atoms with Gasteiger partial charge in [0, 0.05) is 11.8 Å². The van der Waals surface area contributed by atoms with Crippen molar-refractivity contribution in [1.82, 2.24) is 9.97 Å². The summed E-state index contributed by atoms with van der Waals surface area (Å²) in [4.78, 5) is 29.4. The Balaban J connectivity index is 2.04. The van der Waals surface area contributed by atoms with Crippen LogP contribution in [0.2, 0.25) is 0 Å². The fraction of sp³-hybridized carbons (Fsp3) is 0.200. The summed E-state index contributed by atoms with van der Waals surface area (Å²) >= 11 is 0. The fourth-order valence-corrected chi connectivity index (χ4v) is 1.90. The first kappa shape index (κ1) is 15.7. The number of carbonyl (C=O) groups excluding carboxylic acids is 1. The van der Waals surface area contributed by atoms with Gasteiger partial charge in [-0.15, -0.1) is 0 Å². The summed E-state index contributed by atoms with van der Waals surface area (Å²) in [6.45, 7) is 0. The van der Waals surface area contributed by atoms with Crippen molar-refractivity contribution in [3.05, 3.63) is 59.2 Å². The first-order valence-electron chi connectivity index (χ1n) is 6.45. The summed E-state index contributed by atoms with van der Waals surface area (Å²) in [6.07, 6.45) is 1.56. The van der Waals surface area contributed by atoms with Crippen LogP contribution >= 0.6 is 0 Å². The van der Waals surface area contributed by atoms with Gasteiger partial charge in [0.1, 0.15) is 18.0 Å². The van der Waals surface area contributed by atoms with Gasteiger partial charge in [-0.2, -0.15) is 0 Å². The highest BCUT2D eigenvalue weighted by Crippen LogP contribution is 2.12. The topological polar surface area (TPSA) is 80.1 Å². The van der Waals surface area contributed by atoms with Crippen molar-refractivity contribution in [3.63, 3.8) is 0 Å². The molecule has 114 valence electrons. The zero-order chi connectivity index (χ0) is 16.1. The number of rotatable bonds is 6. The maximum atomic E-state index is 13.5.